The second-order valence-corrected chi connectivity index (χ2v) is 9.84. The average molecular weight is 487 g/mol. The topological polar surface area (TPSA) is 99.0 Å². The summed E-state index contributed by atoms with van der Waals surface area (Å²) in [5, 5.41) is 8.89. The molecule has 0 aliphatic heterocycles. The Morgan fingerprint density at radius 1 is 1.39 bits per heavy atom. The monoisotopic (exact) mass is 485 g/mol. The summed E-state index contributed by atoms with van der Waals surface area (Å²) in [5.41, 5.74) is 2.14. The quantitative estimate of drug-likeness (QED) is 0.549. The molecule has 11 heteroatoms. The SMILES string of the molecule is CS(=O)(=O)NCc1cc(Cl)cnc1Oc1ccc2c(nnn2CC2CC2)c1Br. The molecule has 1 fully saturated rings. The number of rotatable bonds is 7. The molecule has 0 unspecified atom stereocenters. The van der Waals surface area contributed by atoms with Gasteiger partial charge in [-0.25, -0.2) is 22.8 Å². The first-order valence-corrected chi connectivity index (χ1v) is 11.6. The summed E-state index contributed by atoms with van der Waals surface area (Å²) in [6, 6.07) is 5.33. The highest BCUT2D eigenvalue weighted by Crippen LogP contribution is 2.37. The fraction of sp³-hybridized carbons (Fsp3) is 0.353. The highest BCUT2D eigenvalue weighted by atomic mass is 79.9. The first kappa shape index (κ1) is 19.6. The Labute approximate surface area is 175 Å². The molecule has 1 aliphatic carbocycles. The summed E-state index contributed by atoms with van der Waals surface area (Å²) in [5.74, 6) is 1.44. The lowest BCUT2D eigenvalue weighted by Crippen LogP contribution is -2.21. The summed E-state index contributed by atoms with van der Waals surface area (Å²) >= 11 is 9.54. The van der Waals surface area contributed by atoms with Crippen LogP contribution in [0.25, 0.3) is 11.0 Å². The van der Waals surface area contributed by atoms with Crippen LogP contribution < -0.4 is 9.46 Å². The Bertz CT molecular complexity index is 1150. The van der Waals surface area contributed by atoms with Crippen LogP contribution >= 0.6 is 27.5 Å². The van der Waals surface area contributed by atoms with E-state index >= 15 is 0 Å². The van der Waals surface area contributed by atoms with E-state index in [1.165, 1.54) is 19.0 Å². The number of sulfonamides is 1. The smallest absolute Gasteiger partial charge is 0.223 e. The van der Waals surface area contributed by atoms with Crippen molar-refractivity contribution in [3.63, 3.8) is 0 Å². The normalized spacial score (nSPS) is 14.5. The largest absolute Gasteiger partial charge is 0.437 e. The van der Waals surface area contributed by atoms with Crippen LogP contribution in [0.15, 0.2) is 28.9 Å². The third kappa shape index (κ3) is 4.45. The molecular formula is C17H17BrClN5O3S. The van der Waals surface area contributed by atoms with Gasteiger partial charge in [0.2, 0.25) is 15.9 Å². The summed E-state index contributed by atoms with van der Waals surface area (Å²) in [6.45, 7) is 0.877. The molecular weight excluding hydrogens is 470 g/mol. The standard InChI is InChI=1S/C17H17BrClN5O3S/c1-28(25,26)21-7-11-6-12(19)8-20-17(11)27-14-5-4-13-16(15(14)18)22-23-24(13)9-10-2-3-10/h4-6,8,10,21H,2-3,7,9H2,1H3. The van der Waals surface area contributed by atoms with E-state index in [9.17, 15) is 8.42 Å². The Kier molecular flexibility index (Phi) is 5.30. The maximum atomic E-state index is 11.4. The minimum absolute atomic E-state index is 0.0131. The van der Waals surface area contributed by atoms with Gasteiger partial charge in [0.1, 0.15) is 11.3 Å². The fourth-order valence-corrected chi connectivity index (χ4v) is 3.84. The van der Waals surface area contributed by atoms with Crippen LogP contribution in [0.1, 0.15) is 18.4 Å². The predicted octanol–water partition coefficient (Wildman–Crippen LogP) is 3.49. The molecule has 0 bridgehead atoms. The average Bonchev–Trinajstić information content (AvgIpc) is 3.35. The minimum atomic E-state index is -3.37. The molecule has 8 nitrogen and oxygen atoms in total. The molecule has 0 amide bonds. The second kappa shape index (κ2) is 7.58. The molecule has 0 saturated heterocycles. The highest BCUT2D eigenvalue weighted by Gasteiger charge is 2.24. The number of pyridine rings is 1. The van der Waals surface area contributed by atoms with Gasteiger partial charge in [0.25, 0.3) is 0 Å². The summed E-state index contributed by atoms with van der Waals surface area (Å²) in [4.78, 5) is 4.20. The second-order valence-electron chi connectivity index (χ2n) is 6.77. The number of fused-ring (bicyclic) bond motifs is 1. The number of halogens is 2. The van der Waals surface area contributed by atoms with Gasteiger partial charge in [-0.1, -0.05) is 16.8 Å². The number of hydrogen-bond donors (Lipinski definition) is 1. The van der Waals surface area contributed by atoms with E-state index < -0.39 is 10.0 Å². The first-order valence-electron chi connectivity index (χ1n) is 8.59. The molecule has 2 heterocycles. The van der Waals surface area contributed by atoms with E-state index in [1.807, 2.05) is 16.8 Å². The van der Waals surface area contributed by atoms with Crippen molar-refractivity contribution >= 4 is 48.6 Å². The molecule has 4 rings (SSSR count). The van der Waals surface area contributed by atoms with Crippen LogP contribution in [0, 0.1) is 5.92 Å². The Morgan fingerprint density at radius 2 is 2.18 bits per heavy atom. The van der Waals surface area contributed by atoms with Gasteiger partial charge in [0.15, 0.2) is 0 Å². The van der Waals surface area contributed by atoms with Gasteiger partial charge in [-0.05, 0) is 52.9 Å². The number of aromatic nitrogens is 4. The summed E-state index contributed by atoms with van der Waals surface area (Å²) < 4.78 is 33.8. The van der Waals surface area contributed by atoms with Crippen molar-refractivity contribution in [1.82, 2.24) is 24.7 Å². The maximum Gasteiger partial charge on any atom is 0.223 e. The summed E-state index contributed by atoms with van der Waals surface area (Å²) in [7, 11) is -3.37. The van der Waals surface area contributed by atoms with E-state index in [2.05, 4.69) is 35.9 Å². The van der Waals surface area contributed by atoms with Crippen molar-refractivity contribution in [3.05, 3.63) is 39.5 Å². The predicted molar refractivity (Wildman–Crippen MR) is 109 cm³/mol. The van der Waals surface area contributed by atoms with Gasteiger partial charge in [0, 0.05) is 24.8 Å². The third-order valence-corrected chi connectivity index (χ3v) is 5.98. The first-order chi connectivity index (χ1) is 13.3. The highest BCUT2D eigenvalue weighted by molar-refractivity contribution is 9.10. The van der Waals surface area contributed by atoms with Crippen molar-refractivity contribution in [2.45, 2.75) is 25.9 Å². The molecule has 1 N–H and O–H groups in total. The van der Waals surface area contributed by atoms with E-state index in [-0.39, 0.29) is 12.4 Å². The molecule has 2 aromatic heterocycles. The van der Waals surface area contributed by atoms with Crippen molar-refractivity contribution in [2.75, 3.05) is 6.26 Å². The van der Waals surface area contributed by atoms with E-state index in [0.29, 0.717) is 32.2 Å². The van der Waals surface area contributed by atoms with Crippen molar-refractivity contribution in [1.29, 1.82) is 0 Å². The number of hydrogen-bond acceptors (Lipinski definition) is 6. The minimum Gasteiger partial charge on any atom is -0.437 e. The zero-order valence-electron chi connectivity index (χ0n) is 14.9. The van der Waals surface area contributed by atoms with E-state index in [1.54, 1.807) is 6.07 Å². The van der Waals surface area contributed by atoms with Gasteiger partial charge < -0.3 is 4.74 Å². The Morgan fingerprint density at radius 3 is 2.89 bits per heavy atom. The molecule has 0 radical (unpaired) electrons. The van der Waals surface area contributed by atoms with Crippen LogP contribution in [0.5, 0.6) is 11.6 Å². The number of nitrogens with zero attached hydrogens (tertiary/aromatic N) is 4. The van der Waals surface area contributed by atoms with Crippen LogP contribution in [0.4, 0.5) is 0 Å². The van der Waals surface area contributed by atoms with E-state index in [4.69, 9.17) is 16.3 Å². The van der Waals surface area contributed by atoms with Crippen LogP contribution in [0.3, 0.4) is 0 Å². The number of nitrogens with one attached hydrogen (secondary N) is 1. The van der Waals surface area contributed by atoms with Gasteiger partial charge >= 0.3 is 0 Å². The fourth-order valence-electron chi connectivity index (χ4n) is 2.75. The molecule has 28 heavy (non-hydrogen) atoms. The van der Waals surface area contributed by atoms with Gasteiger partial charge in [-0.2, -0.15) is 0 Å². The lowest BCUT2D eigenvalue weighted by atomic mass is 10.2. The van der Waals surface area contributed by atoms with Gasteiger partial charge in [0.05, 0.1) is 21.3 Å². The van der Waals surface area contributed by atoms with Gasteiger partial charge in [-0.15, -0.1) is 5.10 Å². The van der Waals surface area contributed by atoms with Crippen molar-refractivity contribution in [2.24, 2.45) is 5.92 Å². The summed E-state index contributed by atoms with van der Waals surface area (Å²) in [6.07, 6.45) is 4.99. The molecule has 148 valence electrons. The zero-order valence-corrected chi connectivity index (χ0v) is 18.1. The number of benzene rings is 1. The molecule has 1 saturated carbocycles. The van der Waals surface area contributed by atoms with Crippen LogP contribution in [-0.4, -0.2) is 34.7 Å². The molecule has 0 spiro atoms. The lowest BCUT2D eigenvalue weighted by molar-refractivity contribution is 0.453. The number of ether oxygens (including phenoxy) is 1. The third-order valence-electron chi connectivity index (χ3n) is 4.34. The Balaban J connectivity index is 1.63. The molecule has 1 aliphatic rings. The van der Waals surface area contributed by atoms with Crippen molar-refractivity contribution < 1.29 is 13.2 Å². The lowest BCUT2D eigenvalue weighted by Gasteiger charge is -2.12. The van der Waals surface area contributed by atoms with Crippen molar-refractivity contribution in [3.8, 4) is 11.6 Å². The van der Waals surface area contributed by atoms with Crippen LogP contribution in [-0.2, 0) is 23.1 Å². The molecule has 0 atom stereocenters. The zero-order chi connectivity index (χ0) is 19.9. The van der Waals surface area contributed by atoms with Crippen LogP contribution in [0.2, 0.25) is 5.02 Å². The molecule has 1 aromatic carbocycles. The van der Waals surface area contributed by atoms with E-state index in [0.717, 1.165) is 18.3 Å². The Hall–Kier alpha value is -1.75. The van der Waals surface area contributed by atoms with Gasteiger partial charge in [-0.3, -0.25) is 0 Å². The molecule has 3 aromatic rings. The maximum absolute atomic E-state index is 11.4.